The maximum absolute atomic E-state index is 12.4. The molecule has 3 heterocycles. The van der Waals surface area contributed by atoms with E-state index in [1.165, 1.54) is 17.0 Å². The minimum absolute atomic E-state index is 0.0720. The first-order chi connectivity index (χ1) is 12.3. The first kappa shape index (κ1) is 16.3. The number of nitrogens with one attached hydrogen (secondary N) is 1. The van der Waals surface area contributed by atoms with Gasteiger partial charge in [-0.3, -0.25) is 4.79 Å². The van der Waals surface area contributed by atoms with E-state index in [-0.39, 0.29) is 5.91 Å². The van der Waals surface area contributed by atoms with E-state index < -0.39 is 0 Å². The molecule has 25 heavy (non-hydrogen) atoms. The summed E-state index contributed by atoms with van der Waals surface area (Å²) in [6.07, 6.45) is 1.10. The van der Waals surface area contributed by atoms with Gasteiger partial charge in [-0.2, -0.15) is 0 Å². The third-order valence-corrected chi connectivity index (χ3v) is 6.31. The highest BCUT2D eigenvalue weighted by atomic mass is 32.1. The summed E-state index contributed by atoms with van der Waals surface area (Å²) in [5, 5.41) is 7.83. The van der Waals surface area contributed by atoms with Crippen LogP contribution < -0.4 is 10.2 Å². The molecule has 3 aromatic rings. The molecule has 4 rings (SSSR count). The van der Waals surface area contributed by atoms with Crippen LogP contribution in [0.3, 0.4) is 0 Å². The first-order valence-electron chi connectivity index (χ1n) is 8.37. The molecular weight excluding hydrogens is 350 g/mol. The van der Waals surface area contributed by atoms with E-state index in [4.69, 9.17) is 0 Å². The van der Waals surface area contributed by atoms with Gasteiger partial charge in [-0.1, -0.05) is 24.3 Å². The van der Waals surface area contributed by atoms with Gasteiger partial charge in [0.2, 0.25) is 0 Å². The fourth-order valence-corrected chi connectivity index (χ4v) is 4.71. The number of anilines is 1. The highest BCUT2D eigenvalue weighted by Gasteiger charge is 2.23. The number of aromatic nitrogens is 1. The van der Waals surface area contributed by atoms with Crippen molar-refractivity contribution in [3.8, 4) is 9.88 Å². The molecule has 0 aliphatic carbocycles. The summed E-state index contributed by atoms with van der Waals surface area (Å²) in [5.41, 5.74) is 1.78. The van der Waals surface area contributed by atoms with Gasteiger partial charge in [-0.15, -0.1) is 22.7 Å². The van der Waals surface area contributed by atoms with E-state index in [9.17, 15) is 4.79 Å². The molecule has 1 aliphatic heterocycles. The van der Waals surface area contributed by atoms with E-state index in [1.54, 1.807) is 11.3 Å². The molecule has 1 fully saturated rings. The molecule has 6 heteroatoms. The average molecular weight is 370 g/mol. The molecule has 0 saturated carbocycles. The predicted octanol–water partition coefficient (Wildman–Crippen LogP) is 4.13. The molecule has 128 valence electrons. The first-order valence-corrected chi connectivity index (χ1v) is 10.1. The van der Waals surface area contributed by atoms with Crippen molar-refractivity contribution in [3.63, 3.8) is 0 Å². The summed E-state index contributed by atoms with van der Waals surface area (Å²) in [6.45, 7) is 2.74. The highest BCUT2D eigenvalue weighted by Crippen LogP contribution is 2.28. The zero-order valence-corrected chi connectivity index (χ0v) is 15.4. The van der Waals surface area contributed by atoms with Crippen LogP contribution in [0.4, 0.5) is 5.69 Å². The minimum atomic E-state index is -0.0720. The van der Waals surface area contributed by atoms with Gasteiger partial charge in [0.1, 0.15) is 10.7 Å². The number of thiazole rings is 1. The Labute approximate surface area is 155 Å². The van der Waals surface area contributed by atoms with Crippen LogP contribution >= 0.6 is 22.7 Å². The number of rotatable bonds is 5. The number of amides is 1. The van der Waals surface area contributed by atoms with Gasteiger partial charge in [-0.25, -0.2) is 4.98 Å². The van der Waals surface area contributed by atoms with Gasteiger partial charge in [0, 0.05) is 30.7 Å². The lowest BCUT2D eigenvalue weighted by molar-refractivity contribution is 0.0944. The molecule has 1 amide bonds. The maximum atomic E-state index is 12.4. The summed E-state index contributed by atoms with van der Waals surface area (Å²) >= 11 is 3.17. The largest absolute Gasteiger partial charge is 0.371 e. The van der Waals surface area contributed by atoms with Crippen LogP contribution in [-0.4, -0.2) is 30.5 Å². The third-order valence-electron chi connectivity index (χ3n) is 4.43. The Bertz CT molecular complexity index is 829. The summed E-state index contributed by atoms with van der Waals surface area (Å²) in [7, 11) is 0. The van der Waals surface area contributed by atoms with E-state index in [1.807, 2.05) is 29.0 Å². The van der Waals surface area contributed by atoms with E-state index >= 15 is 0 Å². The number of hydrogen-bond donors (Lipinski definition) is 1. The van der Waals surface area contributed by atoms with Gasteiger partial charge >= 0.3 is 0 Å². The average Bonchev–Trinajstić information content (AvgIpc) is 3.41. The second kappa shape index (κ2) is 7.37. The molecule has 1 aromatic carbocycles. The van der Waals surface area contributed by atoms with E-state index in [0.29, 0.717) is 18.2 Å². The zero-order valence-electron chi connectivity index (χ0n) is 13.7. The van der Waals surface area contributed by atoms with E-state index in [0.717, 1.165) is 29.4 Å². The van der Waals surface area contributed by atoms with Gasteiger partial charge in [0.05, 0.1) is 4.88 Å². The lowest BCUT2D eigenvalue weighted by Crippen LogP contribution is -2.31. The van der Waals surface area contributed by atoms with Gasteiger partial charge < -0.3 is 10.2 Å². The van der Waals surface area contributed by atoms with Crippen LogP contribution in [0.2, 0.25) is 0 Å². The molecule has 1 aliphatic rings. The number of para-hydroxylation sites is 1. The standard InChI is InChI=1S/C19H19N3OS2/c23-18(16-13-25-19(21-16)17-7-4-10-24-17)20-11-14-8-9-22(12-14)15-5-2-1-3-6-15/h1-7,10,13-14H,8-9,11-12H2,(H,20,23). The molecule has 0 spiro atoms. The monoisotopic (exact) mass is 369 g/mol. The van der Waals surface area contributed by atoms with Crippen molar-refractivity contribution >= 4 is 34.3 Å². The van der Waals surface area contributed by atoms with Gasteiger partial charge in [0.25, 0.3) is 5.91 Å². The lowest BCUT2D eigenvalue weighted by atomic mass is 10.1. The molecular formula is C19H19N3OS2. The fourth-order valence-electron chi connectivity index (χ4n) is 3.09. The number of thiophene rings is 1. The van der Waals surface area contributed by atoms with Crippen molar-refractivity contribution in [3.05, 3.63) is 58.9 Å². The van der Waals surface area contributed by atoms with Crippen LogP contribution in [-0.2, 0) is 0 Å². The lowest BCUT2D eigenvalue weighted by Gasteiger charge is -2.18. The second-order valence-electron chi connectivity index (χ2n) is 6.16. The molecule has 0 bridgehead atoms. The topological polar surface area (TPSA) is 45.2 Å². The molecule has 4 nitrogen and oxygen atoms in total. The van der Waals surface area contributed by atoms with Gasteiger partial charge in [0.15, 0.2) is 0 Å². The maximum Gasteiger partial charge on any atom is 0.270 e. The van der Waals surface area contributed by atoms with Crippen LogP contribution in [0.25, 0.3) is 9.88 Å². The Hall–Kier alpha value is -2.18. The van der Waals surface area contributed by atoms with Gasteiger partial charge in [-0.05, 0) is 35.9 Å². The molecule has 2 aromatic heterocycles. The summed E-state index contributed by atoms with van der Waals surface area (Å²) in [4.78, 5) is 20.3. The zero-order chi connectivity index (χ0) is 17.1. The normalized spacial score (nSPS) is 17.0. The molecule has 1 atom stereocenters. The Kier molecular flexibility index (Phi) is 4.81. The molecule has 0 radical (unpaired) electrons. The smallest absolute Gasteiger partial charge is 0.270 e. The Morgan fingerprint density at radius 2 is 2.08 bits per heavy atom. The number of carbonyl (C=O) groups excluding carboxylic acids is 1. The summed E-state index contributed by atoms with van der Waals surface area (Å²) < 4.78 is 0. The van der Waals surface area contributed by atoms with Crippen molar-refractivity contribution in [2.75, 3.05) is 24.5 Å². The Balaban J connectivity index is 1.31. The second-order valence-corrected chi connectivity index (χ2v) is 7.97. The van der Waals surface area contributed by atoms with Crippen LogP contribution in [0.1, 0.15) is 16.9 Å². The summed E-state index contributed by atoms with van der Waals surface area (Å²) in [6, 6.07) is 14.5. The fraction of sp³-hybridized carbons (Fsp3) is 0.263. The van der Waals surface area contributed by atoms with Crippen molar-refractivity contribution in [1.82, 2.24) is 10.3 Å². The highest BCUT2D eigenvalue weighted by molar-refractivity contribution is 7.20. The minimum Gasteiger partial charge on any atom is -0.371 e. The number of hydrogen-bond acceptors (Lipinski definition) is 5. The molecule has 1 N–H and O–H groups in total. The number of carbonyl (C=O) groups is 1. The number of nitrogens with zero attached hydrogens (tertiary/aromatic N) is 2. The Morgan fingerprint density at radius 1 is 1.20 bits per heavy atom. The van der Waals surface area contributed by atoms with Crippen molar-refractivity contribution in [1.29, 1.82) is 0 Å². The molecule has 1 unspecified atom stereocenters. The summed E-state index contributed by atoms with van der Waals surface area (Å²) in [5.74, 6) is 0.414. The van der Waals surface area contributed by atoms with Crippen LogP contribution in [0.15, 0.2) is 53.2 Å². The number of benzene rings is 1. The quantitative estimate of drug-likeness (QED) is 0.735. The third kappa shape index (κ3) is 3.75. The SMILES string of the molecule is O=C(NCC1CCN(c2ccccc2)C1)c1csc(-c2cccs2)n1. The van der Waals surface area contributed by atoms with Crippen molar-refractivity contribution in [2.24, 2.45) is 5.92 Å². The molecule has 1 saturated heterocycles. The van der Waals surface area contributed by atoms with Crippen LogP contribution in [0, 0.1) is 5.92 Å². The van der Waals surface area contributed by atoms with Crippen molar-refractivity contribution in [2.45, 2.75) is 6.42 Å². The predicted molar refractivity (Wildman–Crippen MR) is 105 cm³/mol. The van der Waals surface area contributed by atoms with E-state index in [2.05, 4.69) is 39.5 Å². The van der Waals surface area contributed by atoms with Crippen molar-refractivity contribution < 1.29 is 4.79 Å². The Morgan fingerprint density at radius 3 is 2.88 bits per heavy atom. The van der Waals surface area contributed by atoms with Crippen LogP contribution in [0.5, 0.6) is 0 Å².